The fraction of sp³-hybridized carbons (Fsp3) is 0.347. The highest BCUT2D eigenvalue weighted by Crippen LogP contribution is 2.46. The van der Waals surface area contributed by atoms with E-state index in [0.29, 0.717) is 107 Å². The minimum Gasteiger partial charge on any atom is -0.349 e. The van der Waals surface area contributed by atoms with Crippen LogP contribution in [0, 0.1) is 49.9 Å². The van der Waals surface area contributed by atoms with E-state index in [4.69, 9.17) is 28.2 Å². The molecule has 0 radical (unpaired) electrons. The van der Waals surface area contributed by atoms with Crippen LogP contribution in [0.4, 0.5) is 39.4 Å². The van der Waals surface area contributed by atoms with E-state index >= 15 is 13.2 Å². The lowest BCUT2D eigenvalue weighted by Gasteiger charge is -2.44. The predicted octanol–water partition coefficient (Wildman–Crippen LogP) is 16.9. The Morgan fingerprint density at radius 2 is 0.740 bits per heavy atom. The smallest absolute Gasteiger partial charge is 0.349 e. The quantitative estimate of drug-likeness (QED) is 0.0642. The fourth-order valence-corrected chi connectivity index (χ4v) is 17.8. The zero-order chi connectivity index (χ0) is 91.5. The summed E-state index contributed by atoms with van der Waals surface area (Å²) in [4.78, 5) is 137. The van der Waals surface area contributed by atoms with Gasteiger partial charge in [-0.25, -0.2) is 65.0 Å². The van der Waals surface area contributed by atoms with E-state index in [1.165, 1.54) is 57.7 Å². The molecule has 12 aromatic rings. The monoisotopic (exact) mass is 1770 g/mol. The maximum absolute atomic E-state index is 15.9. The Morgan fingerprint density at radius 3 is 1.09 bits per heavy atom. The molecule has 10 aromatic heterocycles. The van der Waals surface area contributed by atoms with Crippen molar-refractivity contribution < 1.29 is 36.3 Å². The summed E-state index contributed by atoms with van der Waals surface area (Å²) in [6.07, 6.45) is 12.9. The molecule has 25 nitrogen and oxygen atoms in total. The molecule has 4 aliphatic rings. The van der Waals surface area contributed by atoms with Gasteiger partial charge in [-0.3, -0.25) is 34.3 Å². The average Bonchev–Trinajstić information content (AvgIpc) is 1.68. The molecular weight excluding hydrogens is 1670 g/mol. The molecule has 32 heteroatoms. The van der Waals surface area contributed by atoms with Gasteiger partial charge in [-0.15, -0.1) is 0 Å². The number of halogens is 7. The van der Waals surface area contributed by atoms with Crippen molar-refractivity contribution in [3.05, 3.63) is 258 Å². The second-order valence-electron chi connectivity index (χ2n) is 33.8. The minimum atomic E-state index is -0.991. The molecule has 16 rings (SSSR count). The lowest BCUT2D eigenvalue weighted by Crippen LogP contribution is -2.58. The number of carbonyl (C=O) groups excluding carboxylic acids is 3. The van der Waals surface area contributed by atoms with Gasteiger partial charge in [-0.1, -0.05) is 96.6 Å². The van der Waals surface area contributed by atoms with Crippen molar-refractivity contribution in [3.8, 4) is 50.8 Å². The Labute approximate surface area is 741 Å². The van der Waals surface area contributed by atoms with Gasteiger partial charge in [-0.2, -0.15) is 15.0 Å². The molecule has 3 amide bonds. The van der Waals surface area contributed by atoms with E-state index in [9.17, 15) is 37.5 Å². The van der Waals surface area contributed by atoms with Crippen LogP contribution in [-0.2, 0) is 14.4 Å². The standard InChI is InChI=1S/C33H36ClN7O2.C31H31ClF2N6O2.C31H31F3N6O2/c1-7-26(42)39-16-21(6)40(17-20(39)5)31-24-15-25(34)29(23-9-8-13-35-28(23)22-10-11-22)37-32(24)41(33(43)38-31)30-19(4)12-14-36-27(30)18(2)3;2*1-7-24(41)38-14-19(6)39(15-18(38)5)29-20-13-23(34)27(25-21(32)9-8-10-22(25)33)36-30(20)40(31(42)37-29)28-17(4)11-12-35-26(28)16(2)3/h7-9,12-15,18,20-22H,1,10-11,16-17H2,2-6H3;2*7-13,16,18-19H,1,14-15H2,2-6H3. The van der Waals surface area contributed by atoms with Crippen LogP contribution in [0.3, 0.4) is 0 Å². The second kappa shape index (κ2) is 36.6. The Balaban J connectivity index is 0.000000154. The Bertz CT molecular complexity index is 6340. The lowest BCUT2D eigenvalue weighted by atomic mass is 10.0. The Hall–Kier alpha value is -12.8. The van der Waals surface area contributed by atoms with Crippen molar-refractivity contribution in [2.45, 2.75) is 177 Å². The second-order valence-corrected chi connectivity index (χ2v) is 34.6. The first-order valence-electron chi connectivity index (χ1n) is 42.2. The summed E-state index contributed by atoms with van der Waals surface area (Å²) >= 11 is 13.4. The first kappa shape index (κ1) is 90.4. The van der Waals surface area contributed by atoms with E-state index in [1.807, 2.05) is 117 Å². The maximum atomic E-state index is 15.9. The zero-order valence-electron chi connectivity index (χ0n) is 73.3. The number of amides is 3. The van der Waals surface area contributed by atoms with E-state index in [-0.39, 0.29) is 122 Å². The van der Waals surface area contributed by atoms with Gasteiger partial charge in [0.2, 0.25) is 17.7 Å². The van der Waals surface area contributed by atoms with Crippen LogP contribution in [0.1, 0.15) is 159 Å². The van der Waals surface area contributed by atoms with Gasteiger partial charge in [0.05, 0.1) is 82.9 Å². The van der Waals surface area contributed by atoms with Crippen LogP contribution in [0.5, 0.6) is 0 Å². The molecular formula is C95H98Cl2F5N19O6. The zero-order valence-corrected chi connectivity index (χ0v) is 74.8. The summed E-state index contributed by atoms with van der Waals surface area (Å²) in [6.45, 7) is 42.0. The minimum absolute atomic E-state index is 0.0187. The number of aryl methyl sites for hydroxylation is 3. The predicted molar refractivity (Wildman–Crippen MR) is 486 cm³/mol. The Kier molecular flexibility index (Phi) is 26.1. The van der Waals surface area contributed by atoms with Crippen molar-refractivity contribution >= 4 is 91.5 Å². The van der Waals surface area contributed by atoms with Crippen LogP contribution < -0.4 is 31.8 Å². The molecule has 127 heavy (non-hydrogen) atoms. The molecule has 6 atom stereocenters. The van der Waals surface area contributed by atoms with Crippen LogP contribution in [-0.4, -0.2) is 171 Å². The van der Waals surface area contributed by atoms with Crippen molar-refractivity contribution in [2.75, 3.05) is 54.0 Å². The van der Waals surface area contributed by atoms with Gasteiger partial charge >= 0.3 is 17.1 Å². The molecule has 3 aliphatic heterocycles. The van der Waals surface area contributed by atoms with Crippen molar-refractivity contribution in [1.82, 2.24) is 78.2 Å². The van der Waals surface area contributed by atoms with Gasteiger partial charge in [0.1, 0.15) is 46.3 Å². The molecule has 658 valence electrons. The number of benzene rings is 2. The average molecular weight is 1770 g/mol. The molecule has 13 heterocycles. The molecule has 2 aromatic carbocycles. The SMILES string of the molecule is C=CC(=O)N1CC(C)N(c2nc(=O)n(-c3c(C)ccnc3C(C)C)c3nc(-c4c(F)cccc4Cl)c(F)cc23)CC1C.C=CC(=O)N1CC(C)N(c2nc(=O)n(-c3c(C)ccnc3C(C)C)c3nc(-c4c(F)cccc4F)c(F)cc23)CC1C.C=CC(=O)N1CC(C)N(c2nc(=O)n(-c3c(C)ccnc3C(C)C)c3nc(-c4cccnc4C4CC4)c(Cl)cc23)CC1C. The number of hydrogen-bond acceptors (Lipinski definition) is 19. The first-order chi connectivity index (χ1) is 60.5. The first-order valence-corrected chi connectivity index (χ1v) is 42.9. The van der Waals surface area contributed by atoms with Gasteiger partial charge in [-0.05, 0) is 201 Å². The third-order valence-corrected chi connectivity index (χ3v) is 24.4. The lowest BCUT2D eigenvalue weighted by molar-refractivity contribution is -0.129. The number of rotatable bonds is 16. The van der Waals surface area contributed by atoms with Gasteiger partial charge < -0.3 is 29.4 Å². The highest BCUT2D eigenvalue weighted by Gasteiger charge is 2.40. The van der Waals surface area contributed by atoms with Crippen LogP contribution in [0.2, 0.25) is 10.0 Å². The number of anilines is 3. The third kappa shape index (κ3) is 17.2. The summed E-state index contributed by atoms with van der Waals surface area (Å²) < 4.78 is 80.6. The topological polar surface area (TPSA) is 266 Å². The van der Waals surface area contributed by atoms with E-state index < -0.39 is 57.4 Å². The third-order valence-electron chi connectivity index (χ3n) is 23.8. The number of hydrogen-bond donors (Lipinski definition) is 0. The fourth-order valence-electron chi connectivity index (χ4n) is 17.3. The van der Waals surface area contributed by atoms with Crippen molar-refractivity contribution in [2.24, 2.45) is 0 Å². The normalized spacial score (nSPS) is 17.8. The highest BCUT2D eigenvalue weighted by atomic mass is 35.5. The molecule has 3 saturated heterocycles. The number of piperazine rings is 3. The van der Waals surface area contributed by atoms with Gasteiger partial charge in [0, 0.05) is 112 Å². The highest BCUT2D eigenvalue weighted by molar-refractivity contribution is 6.34. The van der Waals surface area contributed by atoms with E-state index in [1.54, 1.807) is 63.1 Å². The maximum Gasteiger partial charge on any atom is 0.355 e. The summed E-state index contributed by atoms with van der Waals surface area (Å²) in [5.74, 6) is -3.92. The number of nitrogens with zero attached hydrogens (tertiary/aromatic N) is 19. The van der Waals surface area contributed by atoms with Crippen LogP contribution in [0.15, 0.2) is 162 Å². The number of carbonyl (C=O) groups is 3. The summed E-state index contributed by atoms with van der Waals surface area (Å²) in [7, 11) is 0. The molecule has 0 spiro atoms. The van der Waals surface area contributed by atoms with Gasteiger partial charge in [0.15, 0.2) is 28.6 Å². The van der Waals surface area contributed by atoms with Crippen molar-refractivity contribution in [1.29, 1.82) is 0 Å². The number of pyridine rings is 7. The van der Waals surface area contributed by atoms with E-state index in [0.717, 1.165) is 59.1 Å². The summed E-state index contributed by atoms with van der Waals surface area (Å²) in [5.41, 5.74) is 5.32. The molecule has 1 saturated carbocycles. The molecule has 0 N–H and O–H groups in total. The summed E-state index contributed by atoms with van der Waals surface area (Å²) in [6, 6.07) is 19.4. The van der Waals surface area contributed by atoms with Crippen LogP contribution >= 0.6 is 23.2 Å². The van der Waals surface area contributed by atoms with E-state index in [2.05, 4.69) is 83.3 Å². The van der Waals surface area contributed by atoms with Crippen LogP contribution in [0.25, 0.3) is 83.9 Å². The Morgan fingerprint density at radius 1 is 0.402 bits per heavy atom. The number of aromatic nitrogens is 13. The summed E-state index contributed by atoms with van der Waals surface area (Å²) in [5, 5.41) is 1.53. The molecule has 0 bridgehead atoms. The molecule has 1 aliphatic carbocycles. The van der Waals surface area contributed by atoms with Gasteiger partial charge in [0.25, 0.3) is 0 Å². The molecule has 6 unspecified atom stereocenters. The number of fused-ring (bicyclic) bond motifs is 3. The largest absolute Gasteiger partial charge is 0.355 e. The van der Waals surface area contributed by atoms with Crippen molar-refractivity contribution in [3.63, 3.8) is 0 Å². The molecule has 4 fully saturated rings.